The molecule has 1 aromatic carbocycles. The third-order valence-electron chi connectivity index (χ3n) is 4.63. The number of nitriles is 1. The molecule has 1 aliphatic heterocycles. The van der Waals surface area contributed by atoms with Crippen LogP contribution < -0.4 is 4.90 Å². The molecular weight excluding hydrogens is 306 g/mol. The molecule has 0 atom stereocenters. The molecule has 0 radical (unpaired) electrons. The fourth-order valence-electron chi connectivity index (χ4n) is 3.18. The van der Waals surface area contributed by atoms with Crippen molar-refractivity contribution in [3.8, 4) is 6.07 Å². The molecule has 7 nitrogen and oxygen atoms in total. The van der Waals surface area contributed by atoms with Gasteiger partial charge in [0.25, 0.3) is 5.69 Å². The Hall–Kier alpha value is -2.72. The van der Waals surface area contributed by atoms with Gasteiger partial charge in [-0.25, -0.2) is 4.98 Å². The molecule has 124 valence electrons. The van der Waals surface area contributed by atoms with Gasteiger partial charge in [0.05, 0.1) is 22.1 Å². The van der Waals surface area contributed by atoms with Crippen molar-refractivity contribution in [1.29, 1.82) is 5.26 Å². The molecular formula is C17H19N5O2. The Morgan fingerprint density at radius 1 is 1.33 bits per heavy atom. The second kappa shape index (κ2) is 6.42. The van der Waals surface area contributed by atoms with Crippen molar-refractivity contribution in [1.82, 2.24) is 9.88 Å². The van der Waals surface area contributed by atoms with E-state index in [1.807, 2.05) is 0 Å². The zero-order valence-corrected chi connectivity index (χ0v) is 13.8. The van der Waals surface area contributed by atoms with Crippen LogP contribution in [0.2, 0.25) is 0 Å². The molecule has 0 aliphatic carbocycles. The van der Waals surface area contributed by atoms with Crippen LogP contribution in [0.3, 0.4) is 0 Å². The number of aromatic nitrogens is 1. The van der Waals surface area contributed by atoms with E-state index in [1.54, 1.807) is 12.1 Å². The van der Waals surface area contributed by atoms with Gasteiger partial charge in [-0.15, -0.1) is 0 Å². The Kier molecular flexibility index (Phi) is 4.32. The van der Waals surface area contributed by atoms with E-state index < -0.39 is 4.92 Å². The van der Waals surface area contributed by atoms with Crippen molar-refractivity contribution >= 4 is 22.4 Å². The number of anilines is 1. The lowest BCUT2D eigenvalue weighted by Gasteiger charge is -2.36. The molecule has 1 aromatic heterocycles. The van der Waals surface area contributed by atoms with Crippen LogP contribution in [0.4, 0.5) is 11.5 Å². The summed E-state index contributed by atoms with van der Waals surface area (Å²) in [5.74, 6) is 0.769. The lowest BCUT2D eigenvalue weighted by Crippen LogP contribution is -2.42. The van der Waals surface area contributed by atoms with Crippen molar-refractivity contribution < 1.29 is 4.92 Å². The van der Waals surface area contributed by atoms with Crippen LogP contribution in [0.1, 0.15) is 18.4 Å². The molecule has 3 rings (SSSR count). The zero-order valence-electron chi connectivity index (χ0n) is 13.8. The lowest BCUT2D eigenvalue weighted by atomic mass is 10.0. The second-order valence-corrected chi connectivity index (χ2v) is 6.28. The summed E-state index contributed by atoms with van der Waals surface area (Å²) in [4.78, 5) is 19.5. The maximum atomic E-state index is 10.9. The smallest absolute Gasteiger partial charge is 0.270 e. The Bertz CT molecular complexity index is 820. The highest BCUT2D eigenvalue weighted by Gasteiger charge is 2.22. The SMILES string of the molecule is CN(C)C1CCN(c2cc(C#N)c3cc([N+](=O)[O-])ccc3n2)CC1. The highest BCUT2D eigenvalue weighted by atomic mass is 16.6. The van der Waals surface area contributed by atoms with Crippen molar-refractivity contribution in [2.24, 2.45) is 0 Å². The lowest BCUT2D eigenvalue weighted by molar-refractivity contribution is -0.384. The summed E-state index contributed by atoms with van der Waals surface area (Å²) in [6.07, 6.45) is 2.10. The highest BCUT2D eigenvalue weighted by Crippen LogP contribution is 2.28. The summed E-state index contributed by atoms with van der Waals surface area (Å²) in [6.45, 7) is 1.78. The predicted octanol–water partition coefficient (Wildman–Crippen LogP) is 2.55. The number of nitrogens with zero attached hydrogens (tertiary/aromatic N) is 5. The third kappa shape index (κ3) is 3.01. The van der Waals surface area contributed by atoms with Crippen LogP contribution in [0.15, 0.2) is 24.3 Å². The van der Waals surface area contributed by atoms with E-state index in [0.29, 0.717) is 22.5 Å². The summed E-state index contributed by atoms with van der Waals surface area (Å²) in [6, 6.07) is 8.92. The van der Waals surface area contributed by atoms with E-state index >= 15 is 0 Å². The van der Waals surface area contributed by atoms with Crippen LogP contribution in [-0.2, 0) is 0 Å². The molecule has 0 bridgehead atoms. The molecule has 0 amide bonds. The predicted molar refractivity (Wildman–Crippen MR) is 92.0 cm³/mol. The van der Waals surface area contributed by atoms with Crippen molar-refractivity contribution in [3.63, 3.8) is 0 Å². The van der Waals surface area contributed by atoms with E-state index in [2.05, 4.69) is 34.9 Å². The number of hydrogen-bond acceptors (Lipinski definition) is 6. The largest absolute Gasteiger partial charge is 0.356 e. The van der Waals surface area contributed by atoms with Gasteiger partial charge in [0.1, 0.15) is 5.82 Å². The van der Waals surface area contributed by atoms with Gasteiger partial charge in [0.15, 0.2) is 0 Å². The molecule has 0 spiro atoms. The fraction of sp³-hybridized carbons (Fsp3) is 0.412. The van der Waals surface area contributed by atoms with Gasteiger partial charge < -0.3 is 9.80 Å². The number of benzene rings is 1. The number of rotatable bonds is 3. The van der Waals surface area contributed by atoms with Gasteiger partial charge in [-0.2, -0.15) is 5.26 Å². The van der Waals surface area contributed by atoms with Gasteiger partial charge in [-0.3, -0.25) is 10.1 Å². The Morgan fingerprint density at radius 3 is 2.62 bits per heavy atom. The number of nitro benzene ring substituents is 1. The van der Waals surface area contributed by atoms with E-state index in [4.69, 9.17) is 0 Å². The molecule has 2 heterocycles. The molecule has 1 aliphatic rings. The number of fused-ring (bicyclic) bond motifs is 1. The highest BCUT2D eigenvalue weighted by molar-refractivity contribution is 5.88. The minimum absolute atomic E-state index is 0.0275. The van der Waals surface area contributed by atoms with E-state index in [0.717, 1.165) is 31.7 Å². The van der Waals surface area contributed by atoms with Crippen molar-refractivity contribution in [2.75, 3.05) is 32.1 Å². The second-order valence-electron chi connectivity index (χ2n) is 6.28. The third-order valence-corrected chi connectivity index (χ3v) is 4.63. The Labute approximate surface area is 140 Å². The number of non-ortho nitro benzene ring substituents is 1. The minimum atomic E-state index is -0.458. The topological polar surface area (TPSA) is 86.3 Å². The van der Waals surface area contributed by atoms with E-state index in [-0.39, 0.29) is 5.69 Å². The van der Waals surface area contributed by atoms with Gasteiger partial charge in [-0.1, -0.05) is 0 Å². The molecule has 0 N–H and O–H groups in total. The minimum Gasteiger partial charge on any atom is -0.356 e. The van der Waals surface area contributed by atoms with Crippen LogP contribution in [-0.4, -0.2) is 48.0 Å². The molecule has 7 heteroatoms. The molecule has 1 fully saturated rings. The Balaban J connectivity index is 1.95. The summed E-state index contributed by atoms with van der Waals surface area (Å²) >= 11 is 0. The number of pyridine rings is 1. The first-order valence-electron chi connectivity index (χ1n) is 7.90. The standard InChI is InChI=1S/C17H19N5O2/c1-20(2)13-5-7-21(8-6-13)17-9-12(11-18)15-10-14(22(23)24)3-4-16(15)19-17/h3-4,9-10,13H,5-8H2,1-2H3. The quantitative estimate of drug-likeness (QED) is 0.637. The molecule has 0 saturated carbocycles. The van der Waals surface area contributed by atoms with Crippen LogP contribution in [0.25, 0.3) is 10.9 Å². The van der Waals surface area contributed by atoms with Crippen molar-refractivity contribution in [3.05, 3.63) is 39.9 Å². The maximum Gasteiger partial charge on any atom is 0.270 e. The fourth-order valence-corrected chi connectivity index (χ4v) is 3.18. The number of nitro groups is 1. The van der Waals surface area contributed by atoms with Gasteiger partial charge >= 0.3 is 0 Å². The van der Waals surface area contributed by atoms with Crippen LogP contribution in [0.5, 0.6) is 0 Å². The van der Waals surface area contributed by atoms with E-state index in [9.17, 15) is 15.4 Å². The Morgan fingerprint density at radius 2 is 2.04 bits per heavy atom. The van der Waals surface area contributed by atoms with Gasteiger partial charge in [-0.05, 0) is 39.1 Å². The average Bonchev–Trinajstić information content (AvgIpc) is 2.60. The van der Waals surface area contributed by atoms with Crippen molar-refractivity contribution in [2.45, 2.75) is 18.9 Å². The monoisotopic (exact) mass is 325 g/mol. The first-order chi connectivity index (χ1) is 11.5. The summed E-state index contributed by atoms with van der Waals surface area (Å²) in [7, 11) is 4.19. The summed E-state index contributed by atoms with van der Waals surface area (Å²) in [5.41, 5.74) is 1.01. The van der Waals surface area contributed by atoms with Crippen LogP contribution >= 0.6 is 0 Å². The molecule has 2 aromatic rings. The van der Waals surface area contributed by atoms with E-state index in [1.165, 1.54) is 12.1 Å². The molecule has 0 unspecified atom stereocenters. The van der Waals surface area contributed by atoms with Crippen LogP contribution in [0, 0.1) is 21.4 Å². The molecule has 24 heavy (non-hydrogen) atoms. The molecule has 1 saturated heterocycles. The maximum absolute atomic E-state index is 10.9. The normalized spacial score (nSPS) is 15.7. The number of hydrogen-bond donors (Lipinski definition) is 0. The van der Waals surface area contributed by atoms with Gasteiger partial charge in [0.2, 0.25) is 0 Å². The van der Waals surface area contributed by atoms with Gasteiger partial charge in [0, 0.05) is 36.7 Å². The first kappa shape index (κ1) is 16.1. The first-order valence-corrected chi connectivity index (χ1v) is 7.90. The summed E-state index contributed by atoms with van der Waals surface area (Å²) in [5, 5.41) is 20.9. The number of piperidine rings is 1. The summed E-state index contributed by atoms with van der Waals surface area (Å²) < 4.78 is 0. The average molecular weight is 325 g/mol. The zero-order chi connectivity index (χ0) is 17.3.